The molecule has 6 N–H and O–H groups in total. The molecule has 1 aliphatic carbocycles. The second-order valence-corrected chi connectivity index (χ2v) is 7.55. The maximum Gasteiger partial charge on any atom is 0.229 e. The number of rotatable bonds is 3. The molecule has 0 bridgehead atoms. The average molecular weight is 432 g/mol. The largest absolute Gasteiger partial charge is 0.508 e. The first-order valence-electron chi connectivity index (χ1n) is 9.41. The predicted molar refractivity (Wildman–Crippen MR) is 102 cm³/mol. The van der Waals surface area contributed by atoms with Crippen LogP contribution in [0.2, 0.25) is 0 Å². The van der Waals surface area contributed by atoms with Gasteiger partial charge >= 0.3 is 0 Å². The van der Waals surface area contributed by atoms with Gasteiger partial charge in [-0.25, -0.2) is 0 Å². The molecule has 4 rings (SSSR count). The Morgan fingerprint density at radius 1 is 0.903 bits per heavy atom. The molecule has 5 atom stereocenters. The molecule has 3 unspecified atom stereocenters. The van der Waals surface area contributed by atoms with Crippen LogP contribution in [0.25, 0.3) is 0 Å². The van der Waals surface area contributed by atoms with Crippen LogP contribution >= 0.6 is 0 Å². The SMILES string of the molecule is Cc1cc(O)c2c(c1)C(=O)c1cc(O)cc(O[C@@H]3OC(CO)[C@@H](O)C(O)C3O)c1C2=O. The Morgan fingerprint density at radius 3 is 2.26 bits per heavy atom. The van der Waals surface area contributed by atoms with Gasteiger partial charge in [-0.1, -0.05) is 0 Å². The number of carbonyl (C=O) groups excluding carboxylic acids is 2. The number of phenols is 2. The zero-order valence-electron chi connectivity index (χ0n) is 16.2. The molecule has 10 heteroatoms. The average Bonchev–Trinajstić information content (AvgIpc) is 2.71. The van der Waals surface area contributed by atoms with E-state index in [1.165, 1.54) is 12.1 Å². The minimum atomic E-state index is -1.77. The quantitative estimate of drug-likeness (QED) is 0.312. The highest BCUT2D eigenvalue weighted by Gasteiger charge is 2.45. The van der Waals surface area contributed by atoms with Crippen LogP contribution in [-0.4, -0.2) is 79.5 Å². The van der Waals surface area contributed by atoms with E-state index in [4.69, 9.17) is 9.47 Å². The van der Waals surface area contributed by atoms with Gasteiger partial charge in [0.25, 0.3) is 0 Å². The molecule has 1 fully saturated rings. The molecule has 1 saturated heterocycles. The number of aryl methyl sites for hydroxylation is 1. The number of aliphatic hydroxyl groups is 4. The normalized spacial score (nSPS) is 27.6. The first-order valence-corrected chi connectivity index (χ1v) is 9.41. The minimum absolute atomic E-state index is 0.0283. The van der Waals surface area contributed by atoms with Gasteiger partial charge in [-0.15, -0.1) is 0 Å². The molecule has 0 saturated carbocycles. The summed E-state index contributed by atoms with van der Waals surface area (Å²) >= 11 is 0. The Hall–Kier alpha value is -3.02. The minimum Gasteiger partial charge on any atom is -0.508 e. The summed E-state index contributed by atoms with van der Waals surface area (Å²) in [5.74, 6) is -2.53. The van der Waals surface area contributed by atoms with E-state index in [2.05, 4.69) is 0 Å². The van der Waals surface area contributed by atoms with Gasteiger partial charge in [0.1, 0.15) is 41.7 Å². The van der Waals surface area contributed by atoms with E-state index in [0.717, 1.165) is 12.1 Å². The van der Waals surface area contributed by atoms with Gasteiger partial charge in [0, 0.05) is 17.2 Å². The molecule has 10 nitrogen and oxygen atoms in total. The lowest BCUT2D eigenvalue weighted by Crippen LogP contribution is -2.60. The Kier molecular flexibility index (Phi) is 5.20. The molecule has 164 valence electrons. The molecular weight excluding hydrogens is 412 g/mol. The van der Waals surface area contributed by atoms with Crippen molar-refractivity contribution in [2.75, 3.05) is 6.61 Å². The highest BCUT2D eigenvalue weighted by molar-refractivity contribution is 6.30. The molecule has 0 amide bonds. The molecule has 1 heterocycles. The van der Waals surface area contributed by atoms with Crippen molar-refractivity contribution in [2.45, 2.75) is 37.6 Å². The molecule has 0 aromatic heterocycles. The molecule has 0 radical (unpaired) electrons. The third-order valence-corrected chi connectivity index (χ3v) is 5.38. The fourth-order valence-corrected chi connectivity index (χ4v) is 3.85. The lowest BCUT2D eigenvalue weighted by molar-refractivity contribution is -0.277. The van der Waals surface area contributed by atoms with E-state index in [0.29, 0.717) is 5.56 Å². The zero-order valence-corrected chi connectivity index (χ0v) is 16.2. The van der Waals surface area contributed by atoms with E-state index < -0.39 is 60.4 Å². The van der Waals surface area contributed by atoms with Crippen LogP contribution in [0.4, 0.5) is 0 Å². The molecule has 1 aliphatic heterocycles. The van der Waals surface area contributed by atoms with E-state index in [-0.39, 0.29) is 28.0 Å². The predicted octanol–water partition coefficient (Wildman–Crippen LogP) is -0.640. The van der Waals surface area contributed by atoms with Crippen molar-refractivity contribution in [2.24, 2.45) is 0 Å². The van der Waals surface area contributed by atoms with Crippen LogP contribution < -0.4 is 4.74 Å². The van der Waals surface area contributed by atoms with E-state index >= 15 is 0 Å². The highest BCUT2D eigenvalue weighted by Crippen LogP contribution is 2.40. The Balaban J connectivity index is 1.79. The van der Waals surface area contributed by atoms with Crippen LogP contribution in [0.1, 0.15) is 37.4 Å². The van der Waals surface area contributed by atoms with Crippen molar-refractivity contribution in [3.63, 3.8) is 0 Å². The number of aromatic hydroxyl groups is 2. The summed E-state index contributed by atoms with van der Waals surface area (Å²) in [5, 5.41) is 59.8. The summed E-state index contributed by atoms with van der Waals surface area (Å²) in [4.78, 5) is 26.2. The van der Waals surface area contributed by atoms with Gasteiger partial charge < -0.3 is 40.1 Å². The van der Waals surface area contributed by atoms with E-state index in [1.54, 1.807) is 6.92 Å². The second kappa shape index (κ2) is 7.59. The van der Waals surface area contributed by atoms with Crippen molar-refractivity contribution in [1.82, 2.24) is 0 Å². The summed E-state index contributed by atoms with van der Waals surface area (Å²) in [6.45, 7) is 0.949. The second-order valence-electron chi connectivity index (χ2n) is 7.55. The van der Waals surface area contributed by atoms with Crippen molar-refractivity contribution in [3.05, 3.63) is 52.1 Å². The smallest absolute Gasteiger partial charge is 0.229 e. The van der Waals surface area contributed by atoms with Crippen LogP contribution in [0.3, 0.4) is 0 Å². The van der Waals surface area contributed by atoms with Crippen LogP contribution in [-0.2, 0) is 4.74 Å². The lowest BCUT2D eigenvalue weighted by atomic mass is 9.82. The molecular formula is C21H20O10. The van der Waals surface area contributed by atoms with Gasteiger partial charge in [0.15, 0.2) is 5.78 Å². The number of hydrogen-bond donors (Lipinski definition) is 6. The maximum absolute atomic E-state index is 13.2. The summed E-state index contributed by atoms with van der Waals surface area (Å²) in [6, 6.07) is 4.87. The number of phenolic OH excluding ortho intramolecular Hbond substituents is 2. The number of carbonyl (C=O) groups is 2. The Morgan fingerprint density at radius 2 is 1.58 bits per heavy atom. The van der Waals surface area contributed by atoms with Gasteiger partial charge in [0.2, 0.25) is 12.1 Å². The monoisotopic (exact) mass is 432 g/mol. The fourth-order valence-electron chi connectivity index (χ4n) is 3.85. The summed E-state index contributed by atoms with van der Waals surface area (Å²) < 4.78 is 10.8. The molecule has 2 aliphatic rings. The highest BCUT2D eigenvalue weighted by atomic mass is 16.7. The zero-order chi connectivity index (χ0) is 22.6. The number of fused-ring (bicyclic) bond motifs is 2. The van der Waals surface area contributed by atoms with Gasteiger partial charge in [-0.05, 0) is 30.7 Å². The first-order chi connectivity index (χ1) is 14.6. The lowest BCUT2D eigenvalue weighted by Gasteiger charge is -2.39. The van der Waals surface area contributed by atoms with Gasteiger partial charge in [0.05, 0.1) is 17.7 Å². The Labute approximate surface area is 175 Å². The molecule has 0 spiro atoms. The standard InChI is InChI=1S/C21H20O10/c1-7-2-9-14(11(24)3-7)18(27)15-10(16(9)25)4-8(23)5-12(15)30-21-20(29)19(28)17(26)13(6-22)31-21/h2-5,13,17,19-24,26,28-29H,6H2,1H3/t13?,17-,19?,20?,21-/m1/s1. The molecule has 2 aromatic carbocycles. The maximum atomic E-state index is 13.2. The van der Waals surface area contributed by atoms with Gasteiger partial charge in [-0.3, -0.25) is 9.59 Å². The van der Waals surface area contributed by atoms with Crippen LogP contribution in [0.5, 0.6) is 17.2 Å². The van der Waals surface area contributed by atoms with E-state index in [1.807, 2.05) is 0 Å². The summed E-state index contributed by atoms with van der Waals surface area (Å²) in [6.07, 6.45) is -8.02. The Bertz CT molecular complexity index is 1080. The topological polar surface area (TPSA) is 174 Å². The fraction of sp³-hybridized carbons (Fsp3) is 0.333. The summed E-state index contributed by atoms with van der Waals surface area (Å²) in [5.41, 5.74) is -0.154. The number of hydrogen-bond acceptors (Lipinski definition) is 10. The van der Waals surface area contributed by atoms with Gasteiger partial charge in [-0.2, -0.15) is 0 Å². The third kappa shape index (κ3) is 3.34. The molecule has 31 heavy (non-hydrogen) atoms. The van der Waals surface area contributed by atoms with E-state index in [9.17, 15) is 40.2 Å². The number of ketones is 2. The van der Waals surface area contributed by atoms with Crippen molar-refractivity contribution in [3.8, 4) is 17.2 Å². The number of benzene rings is 2. The summed E-state index contributed by atoms with van der Waals surface area (Å²) in [7, 11) is 0. The van der Waals surface area contributed by atoms with Crippen LogP contribution in [0.15, 0.2) is 24.3 Å². The number of aliphatic hydroxyl groups excluding tert-OH is 4. The third-order valence-electron chi connectivity index (χ3n) is 5.38. The number of ether oxygens (including phenoxy) is 2. The van der Waals surface area contributed by atoms with Crippen LogP contribution in [0, 0.1) is 6.92 Å². The first kappa shape index (κ1) is 21.2. The van der Waals surface area contributed by atoms with Crippen molar-refractivity contribution >= 4 is 11.6 Å². The molecule has 2 aromatic rings. The van der Waals surface area contributed by atoms with Crippen molar-refractivity contribution in [1.29, 1.82) is 0 Å². The van der Waals surface area contributed by atoms with Crippen molar-refractivity contribution < 1.29 is 49.7 Å².